The molecule has 2 rings (SSSR count). The van der Waals surface area contributed by atoms with Gasteiger partial charge in [-0.3, -0.25) is 14.4 Å². The van der Waals surface area contributed by atoms with Gasteiger partial charge in [0.1, 0.15) is 0 Å². The summed E-state index contributed by atoms with van der Waals surface area (Å²) >= 11 is 1.51. The molecule has 2 aromatic rings. The van der Waals surface area contributed by atoms with E-state index in [0.717, 1.165) is 10.5 Å². The Morgan fingerprint density at radius 3 is 2.37 bits per heavy atom. The normalized spacial score (nSPS) is 11.3. The number of esters is 1. The van der Waals surface area contributed by atoms with Gasteiger partial charge in [0.05, 0.1) is 18.2 Å². The van der Waals surface area contributed by atoms with Crippen LogP contribution in [0.3, 0.4) is 0 Å². The summed E-state index contributed by atoms with van der Waals surface area (Å²) in [6.45, 7) is 1.00. The lowest BCUT2D eigenvalue weighted by atomic mass is 10.0. The van der Waals surface area contributed by atoms with Crippen LogP contribution in [0.25, 0.3) is 0 Å². The highest BCUT2D eigenvalue weighted by Gasteiger charge is 2.19. The average molecular weight is 386 g/mol. The van der Waals surface area contributed by atoms with Crippen LogP contribution in [0.2, 0.25) is 0 Å². The molecule has 0 aliphatic heterocycles. The Balaban J connectivity index is 1.90. The number of benzene rings is 2. The molecule has 2 amide bonds. The number of anilines is 1. The largest absolute Gasteiger partial charge is 0.455 e. The van der Waals surface area contributed by atoms with E-state index in [1.807, 2.05) is 54.8 Å². The van der Waals surface area contributed by atoms with Crippen LogP contribution in [0.15, 0.2) is 59.5 Å². The van der Waals surface area contributed by atoms with Gasteiger partial charge in [0.2, 0.25) is 5.91 Å². The maximum absolute atomic E-state index is 12.1. The molecule has 2 N–H and O–H groups in total. The van der Waals surface area contributed by atoms with Crippen molar-refractivity contribution in [3.05, 3.63) is 60.2 Å². The van der Waals surface area contributed by atoms with Crippen LogP contribution in [-0.4, -0.2) is 30.6 Å². The fraction of sp³-hybridized carbons (Fsp3) is 0.250. The lowest BCUT2D eigenvalue weighted by molar-refractivity contribution is -0.148. The zero-order chi connectivity index (χ0) is 19.6. The number of amides is 2. The van der Waals surface area contributed by atoms with Gasteiger partial charge in [-0.25, -0.2) is 0 Å². The van der Waals surface area contributed by atoms with Crippen molar-refractivity contribution >= 4 is 35.2 Å². The van der Waals surface area contributed by atoms with Crippen LogP contribution in [0.5, 0.6) is 0 Å². The Morgan fingerprint density at radius 2 is 1.70 bits per heavy atom. The van der Waals surface area contributed by atoms with Gasteiger partial charge in [-0.1, -0.05) is 42.5 Å². The third-order valence-electron chi connectivity index (χ3n) is 3.70. The van der Waals surface area contributed by atoms with Gasteiger partial charge in [-0.05, 0) is 24.0 Å². The summed E-state index contributed by atoms with van der Waals surface area (Å²) < 4.78 is 5.07. The average Bonchev–Trinajstić information content (AvgIpc) is 2.66. The van der Waals surface area contributed by atoms with E-state index in [2.05, 4.69) is 10.6 Å². The third-order valence-corrected chi connectivity index (χ3v) is 4.49. The van der Waals surface area contributed by atoms with Crippen LogP contribution in [0.1, 0.15) is 24.9 Å². The highest BCUT2D eigenvalue weighted by Crippen LogP contribution is 2.24. The van der Waals surface area contributed by atoms with Crippen molar-refractivity contribution in [2.45, 2.75) is 24.3 Å². The van der Waals surface area contributed by atoms with E-state index in [4.69, 9.17) is 4.74 Å². The second-order valence-corrected chi connectivity index (χ2v) is 6.63. The van der Waals surface area contributed by atoms with E-state index in [0.29, 0.717) is 5.69 Å². The molecule has 1 atom stereocenters. The van der Waals surface area contributed by atoms with Crippen LogP contribution in [-0.2, 0) is 19.1 Å². The van der Waals surface area contributed by atoms with E-state index in [9.17, 15) is 14.4 Å². The van der Waals surface area contributed by atoms with Crippen molar-refractivity contribution in [1.29, 1.82) is 0 Å². The lowest BCUT2D eigenvalue weighted by Gasteiger charge is -2.17. The molecule has 7 heteroatoms. The van der Waals surface area contributed by atoms with Gasteiger partial charge in [0.25, 0.3) is 5.91 Å². The second kappa shape index (κ2) is 10.4. The van der Waals surface area contributed by atoms with Gasteiger partial charge in [-0.15, -0.1) is 11.8 Å². The summed E-state index contributed by atoms with van der Waals surface area (Å²) in [5.74, 6) is -1.23. The number of para-hydroxylation sites is 1. The summed E-state index contributed by atoms with van der Waals surface area (Å²) in [6.07, 6.45) is 1.86. The first-order chi connectivity index (χ1) is 13.0. The van der Waals surface area contributed by atoms with Crippen molar-refractivity contribution in [2.75, 3.05) is 18.2 Å². The molecule has 0 heterocycles. The van der Waals surface area contributed by atoms with E-state index >= 15 is 0 Å². The van der Waals surface area contributed by atoms with Crippen LogP contribution in [0, 0.1) is 0 Å². The molecule has 27 heavy (non-hydrogen) atoms. The standard InChI is InChI=1S/C20H22N2O4S/c1-14(23)21-17(15-8-4-3-5-9-15)12-20(25)26-13-19(24)22-16-10-6-7-11-18(16)27-2/h3-11,17H,12-13H2,1-2H3,(H,21,23)(H,22,24)/t17-/m1/s1. The summed E-state index contributed by atoms with van der Waals surface area (Å²) in [5.41, 5.74) is 1.47. The quantitative estimate of drug-likeness (QED) is 0.538. The third kappa shape index (κ3) is 6.79. The molecule has 0 aliphatic carbocycles. The molecular weight excluding hydrogens is 364 g/mol. The Hall–Kier alpha value is -2.80. The first-order valence-electron chi connectivity index (χ1n) is 8.40. The smallest absolute Gasteiger partial charge is 0.308 e. The molecule has 6 nitrogen and oxygen atoms in total. The molecule has 2 aromatic carbocycles. The number of hydrogen-bond donors (Lipinski definition) is 2. The zero-order valence-electron chi connectivity index (χ0n) is 15.2. The van der Waals surface area contributed by atoms with E-state index < -0.39 is 17.9 Å². The van der Waals surface area contributed by atoms with Gasteiger partial charge >= 0.3 is 5.97 Å². The monoisotopic (exact) mass is 386 g/mol. The summed E-state index contributed by atoms with van der Waals surface area (Å²) in [4.78, 5) is 36.5. The Bertz CT molecular complexity index is 796. The topological polar surface area (TPSA) is 84.5 Å². The molecule has 0 aromatic heterocycles. The van der Waals surface area contributed by atoms with Crippen molar-refractivity contribution in [3.8, 4) is 0 Å². The van der Waals surface area contributed by atoms with Gasteiger partial charge in [0, 0.05) is 11.8 Å². The first-order valence-corrected chi connectivity index (χ1v) is 9.62. The maximum atomic E-state index is 12.1. The number of hydrogen-bond acceptors (Lipinski definition) is 5. The maximum Gasteiger partial charge on any atom is 0.308 e. The summed E-state index contributed by atoms with van der Waals surface area (Å²) in [5, 5.41) is 5.45. The molecule has 0 saturated carbocycles. The van der Waals surface area contributed by atoms with Crippen molar-refractivity contribution in [2.24, 2.45) is 0 Å². The van der Waals surface area contributed by atoms with E-state index in [1.165, 1.54) is 18.7 Å². The van der Waals surface area contributed by atoms with E-state index in [-0.39, 0.29) is 18.9 Å². The van der Waals surface area contributed by atoms with Crippen LogP contribution >= 0.6 is 11.8 Å². The molecule has 0 aliphatic rings. The molecule has 0 bridgehead atoms. The minimum atomic E-state index is -0.564. The summed E-state index contributed by atoms with van der Waals surface area (Å²) in [7, 11) is 0. The number of thioether (sulfide) groups is 1. The predicted molar refractivity (Wildman–Crippen MR) is 105 cm³/mol. The fourth-order valence-electron chi connectivity index (χ4n) is 2.49. The van der Waals surface area contributed by atoms with Gasteiger partial charge in [-0.2, -0.15) is 0 Å². The first kappa shape index (κ1) is 20.5. The molecule has 0 unspecified atom stereocenters. The van der Waals surface area contributed by atoms with Crippen molar-refractivity contribution in [3.63, 3.8) is 0 Å². The van der Waals surface area contributed by atoms with Crippen molar-refractivity contribution in [1.82, 2.24) is 5.32 Å². The molecule has 0 spiro atoms. The van der Waals surface area contributed by atoms with Gasteiger partial charge in [0.15, 0.2) is 6.61 Å². The van der Waals surface area contributed by atoms with Crippen LogP contribution < -0.4 is 10.6 Å². The second-order valence-electron chi connectivity index (χ2n) is 5.78. The highest BCUT2D eigenvalue weighted by atomic mass is 32.2. The predicted octanol–water partition coefficient (Wildman–Crippen LogP) is 3.16. The number of carbonyl (C=O) groups excluding carboxylic acids is 3. The lowest BCUT2D eigenvalue weighted by Crippen LogP contribution is -2.29. The van der Waals surface area contributed by atoms with Crippen molar-refractivity contribution < 1.29 is 19.1 Å². The molecule has 0 radical (unpaired) electrons. The fourth-order valence-corrected chi connectivity index (χ4v) is 3.04. The Morgan fingerprint density at radius 1 is 1.04 bits per heavy atom. The Kier molecular flexibility index (Phi) is 7.88. The van der Waals surface area contributed by atoms with E-state index in [1.54, 1.807) is 6.07 Å². The number of carbonyl (C=O) groups is 3. The minimum Gasteiger partial charge on any atom is -0.455 e. The number of nitrogens with one attached hydrogen (secondary N) is 2. The Labute approximate surface area is 162 Å². The molecular formula is C20H22N2O4S. The molecule has 0 fully saturated rings. The highest BCUT2D eigenvalue weighted by molar-refractivity contribution is 7.98. The number of rotatable bonds is 8. The van der Waals surface area contributed by atoms with Crippen LogP contribution in [0.4, 0.5) is 5.69 Å². The number of ether oxygens (including phenoxy) is 1. The zero-order valence-corrected chi connectivity index (χ0v) is 16.0. The molecule has 0 saturated heterocycles. The summed E-state index contributed by atoms with van der Waals surface area (Å²) in [6, 6.07) is 16.0. The minimum absolute atomic E-state index is 0.0573. The van der Waals surface area contributed by atoms with Gasteiger partial charge < -0.3 is 15.4 Å². The SMILES string of the molecule is CSc1ccccc1NC(=O)COC(=O)C[C@@H](NC(C)=O)c1ccccc1. The molecule has 142 valence electrons.